The molecule has 0 heterocycles. The monoisotopic (exact) mass is 308 g/mol. The van der Waals surface area contributed by atoms with Crippen molar-refractivity contribution in [1.29, 1.82) is 0 Å². The standard InChI is InChI=1S/C15H18NO4S/c1-5-9-19-14(17)12(7-3)16(11-21)13(8-4)15(18)20-10-6-2/h5-8,12-13H,1-4,9-10H2. The van der Waals surface area contributed by atoms with Gasteiger partial charge in [-0.25, -0.2) is 9.59 Å². The van der Waals surface area contributed by atoms with Crippen molar-refractivity contribution in [3.63, 3.8) is 0 Å². The Hall–Kier alpha value is -2.21. The lowest BCUT2D eigenvalue weighted by Gasteiger charge is -2.29. The Balaban J connectivity index is 5.15. The van der Waals surface area contributed by atoms with Gasteiger partial charge in [-0.05, 0) is 0 Å². The van der Waals surface area contributed by atoms with Gasteiger partial charge in [-0.15, -0.1) is 13.2 Å². The van der Waals surface area contributed by atoms with Crippen molar-refractivity contribution in [2.45, 2.75) is 12.1 Å². The minimum atomic E-state index is -0.985. The molecule has 0 aromatic carbocycles. The van der Waals surface area contributed by atoms with Crippen molar-refractivity contribution < 1.29 is 19.1 Å². The fourth-order valence-electron chi connectivity index (χ4n) is 1.39. The molecule has 0 saturated heterocycles. The second-order valence-corrected chi connectivity index (χ2v) is 3.88. The number of esters is 2. The molecule has 0 amide bonds. The summed E-state index contributed by atoms with van der Waals surface area (Å²) in [5.74, 6) is -1.27. The van der Waals surface area contributed by atoms with E-state index in [1.807, 2.05) is 0 Å². The third kappa shape index (κ3) is 5.74. The van der Waals surface area contributed by atoms with Crippen LogP contribution >= 0.6 is 12.2 Å². The van der Waals surface area contributed by atoms with Crippen LogP contribution < -0.4 is 0 Å². The van der Waals surface area contributed by atoms with Crippen molar-refractivity contribution in [3.8, 4) is 0 Å². The highest BCUT2D eigenvalue weighted by molar-refractivity contribution is 7.78. The van der Waals surface area contributed by atoms with E-state index in [0.29, 0.717) is 0 Å². The van der Waals surface area contributed by atoms with Crippen molar-refractivity contribution >= 4 is 29.6 Å². The molecule has 0 aliphatic carbocycles. The van der Waals surface area contributed by atoms with E-state index in [1.165, 1.54) is 24.3 Å². The van der Waals surface area contributed by atoms with E-state index >= 15 is 0 Å². The lowest BCUT2D eigenvalue weighted by atomic mass is 10.1. The van der Waals surface area contributed by atoms with Crippen LogP contribution in [0.15, 0.2) is 50.6 Å². The van der Waals surface area contributed by atoms with Crippen molar-refractivity contribution in [2.24, 2.45) is 0 Å². The second-order valence-electron chi connectivity index (χ2n) is 3.70. The molecular formula is C15H18NO4S. The number of hydrogen-bond acceptors (Lipinski definition) is 5. The van der Waals surface area contributed by atoms with Crippen LogP contribution in [-0.2, 0) is 19.1 Å². The Morgan fingerprint density at radius 2 is 1.38 bits per heavy atom. The van der Waals surface area contributed by atoms with Crippen molar-refractivity contribution in [1.82, 2.24) is 4.90 Å². The van der Waals surface area contributed by atoms with Gasteiger partial charge in [0, 0.05) is 0 Å². The third-order valence-electron chi connectivity index (χ3n) is 2.32. The van der Waals surface area contributed by atoms with Gasteiger partial charge in [-0.2, -0.15) is 0 Å². The fourth-order valence-corrected chi connectivity index (χ4v) is 1.61. The second kappa shape index (κ2) is 10.6. The van der Waals surface area contributed by atoms with Crippen LogP contribution in [0.25, 0.3) is 0 Å². The van der Waals surface area contributed by atoms with Gasteiger partial charge >= 0.3 is 11.9 Å². The molecule has 21 heavy (non-hydrogen) atoms. The minimum Gasteiger partial charge on any atom is -0.460 e. The molecule has 0 aromatic heterocycles. The van der Waals surface area contributed by atoms with Gasteiger partial charge in [0.1, 0.15) is 30.8 Å². The van der Waals surface area contributed by atoms with Crippen LogP contribution in [0.5, 0.6) is 0 Å². The number of carbonyl (C=O) groups excluding carboxylic acids is 2. The van der Waals surface area contributed by atoms with E-state index in [-0.39, 0.29) is 13.2 Å². The number of hydrogen-bond donors (Lipinski definition) is 0. The zero-order chi connectivity index (χ0) is 16.3. The number of ether oxygens (including phenoxy) is 2. The zero-order valence-electron chi connectivity index (χ0n) is 11.7. The van der Waals surface area contributed by atoms with Crippen LogP contribution in [0.1, 0.15) is 0 Å². The Morgan fingerprint density at radius 1 is 1.00 bits per heavy atom. The first-order valence-electron chi connectivity index (χ1n) is 6.03. The van der Waals surface area contributed by atoms with Crippen molar-refractivity contribution in [3.05, 3.63) is 50.6 Å². The highest BCUT2D eigenvalue weighted by Gasteiger charge is 2.32. The molecule has 0 aromatic rings. The lowest BCUT2D eigenvalue weighted by Crippen LogP contribution is -2.49. The molecule has 0 rings (SSSR count). The number of rotatable bonds is 11. The molecule has 0 saturated carbocycles. The van der Waals surface area contributed by atoms with Gasteiger partial charge in [0.15, 0.2) is 0 Å². The molecule has 2 atom stereocenters. The summed E-state index contributed by atoms with van der Waals surface area (Å²) in [6, 6.07) is -1.97. The molecule has 0 fully saturated rings. The Labute approximate surface area is 130 Å². The highest BCUT2D eigenvalue weighted by Crippen LogP contribution is 2.10. The van der Waals surface area contributed by atoms with Crippen LogP contribution in [0, 0.1) is 0 Å². The Bertz CT molecular complexity index is 397. The number of nitrogens with zero attached hydrogens (tertiary/aromatic N) is 1. The highest BCUT2D eigenvalue weighted by atomic mass is 32.1. The molecule has 0 aliphatic heterocycles. The predicted molar refractivity (Wildman–Crippen MR) is 84.7 cm³/mol. The first-order valence-corrected chi connectivity index (χ1v) is 6.44. The summed E-state index contributed by atoms with van der Waals surface area (Å²) in [5, 5.41) is 0. The molecular weight excluding hydrogens is 290 g/mol. The lowest BCUT2D eigenvalue weighted by molar-refractivity contribution is -0.150. The van der Waals surface area contributed by atoms with Gasteiger partial charge in [0.05, 0.1) is 0 Å². The predicted octanol–water partition coefficient (Wildman–Crippen LogP) is 1.69. The smallest absolute Gasteiger partial charge is 0.333 e. The summed E-state index contributed by atoms with van der Waals surface area (Å²) in [6.45, 7) is 14.0. The SMILES string of the molecule is C=CCOC(=O)C(C=C)N([C]=S)C(C=C)C(=O)OCC=C. The summed E-state index contributed by atoms with van der Waals surface area (Å²) in [6.07, 6.45) is 5.43. The summed E-state index contributed by atoms with van der Waals surface area (Å²) in [4.78, 5) is 25.0. The normalized spacial score (nSPS) is 12.2. The summed E-state index contributed by atoms with van der Waals surface area (Å²) >= 11 is 4.75. The van der Waals surface area contributed by atoms with E-state index in [0.717, 1.165) is 4.90 Å². The molecule has 5 nitrogen and oxygen atoms in total. The van der Waals surface area contributed by atoms with Crippen LogP contribution in [0.4, 0.5) is 0 Å². The summed E-state index contributed by atoms with van der Waals surface area (Å²) < 4.78 is 9.85. The van der Waals surface area contributed by atoms with E-state index in [4.69, 9.17) is 21.7 Å². The van der Waals surface area contributed by atoms with Gasteiger partial charge < -0.3 is 14.4 Å². The molecule has 113 valence electrons. The first kappa shape index (κ1) is 18.8. The number of thiocarbonyl (C=S) groups is 1. The largest absolute Gasteiger partial charge is 0.460 e. The van der Waals surface area contributed by atoms with E-state index in [2.05, 4.69) is 31.8 Å². The van der Waals surface area contributed by atoms with Gasteiger partial charge in [-0.3, -0.25) is 0 Å². The molecule has 0 bridgehead atoms. The van der Waals surface area contributed by atoms with Crippen LogP contribution in [0.3, 0.4) is 0 Å². The Morgan fingerprint density at radius 3 is 1.62 bits per heavy atom. The molecule has 2 unspecified atom stereocenters. The molecule has 0 N–H and O–H groups in total. The maximum absolute atomic E-state index is 11.9. The summed E-state index contributed by atoms with van der Waals surface area (Å²) in [5.41, 5.74) is 2.34. The quantitative estimate of drug-likeness (QED) is 0.251. The third-order valence-corrected chi connectivity index (χ3v) is 2.53. The summed E-state index contributed by atoms with van der Waals surface area (Å²) in [7, 11) is 0. The van der Waals surface area contributed by atoms with Gasteiger partial charge in [0.2, 0.25) is 0 Å². The minimum absolute atomic E-state index is 0.0358. The van der Waals surface area contributed by atoms with E-state index in [1.54, 1.807) is 0 Å². The first-order chi connectivity index (χ1) is 10.1. The molecule has 0 aliphatic rings. The maximum Gasteiger partial charge on any atom is 0.333 e. The van der Waals surface area contributed by atoms with Crippen LogP contribution in [-0.4, -0.2) is 47.6 Å². The van der Waals surface area contributed by atoms with Crippen molar-refractivity contribution in [2.75, 3.05) is 13.2 Å². The van der Waals surface area contributed by atoms with Gasteiger partial charge in [-0.1, -0.05) is 49.7 Å². The van der Waals surface area contributed by atoms with E-state index < -0.39 is 24.0 Å². The average molecular weight is 308 g/mol. The molecule has 1 radical (unpaired) electrons. The average Bonchev–Trinajstić information content (AvgIpc) is 2.50. The topological polar surface area (TPSA) is 55.8 Å². The zero-order valence-corrected chi connectivity index (χ0v) is 12.5. The molecule has 6 heteroatoms. The van der Waals surface area contributed by atoms with Gasteiger partial charge in [0.25, 0.3) is 0 Å². The van der Waals surface area contributed by atoms with E-state index in [9.17, 15) is 9.59 Å². The maximum atomic E-state index is 11.9. The van der Waals surface area contributed by atoms with Crippen LogP contribution in [0.2, 0.25) is 0 Å². The fraction of sp³-hybridized carbons (Fsp3) is 0.267. The Kier molecular flexibility index (Phi) is 9.45. The number of carbonyl (C=O) groups is 2. The molecule has 0 spiro atoms.